The molecule has 1 aromatic rings. The number of hydrogen-bond acceptors (Lipinski definition) is 0. The van der Waals surface area contributed by atoms with Crippen molar-refractivity contribution in [3.05, 3.63) is 36.4 Å². The molecule has 65 valence electrons. The van der Waals surface area contributed by atoms with Gasteiger partial charge in [0.25, 0.3) is 0 Å². The van der Waals surface area contributed by atoms with Gasteiger partial charge in [-0.25, -0.2) is 0 Å². The molecule has 0 saturated carbocycles. The Balaban J connectivity index is 0. The molecular formula is C11H18Y. The Kier molecular flexibility index (Phi) is 9.82. The van der Waals surface area contributed by atoms with Crippen LogP contribution in [0.2, 0.25) is 0 Å². The van der Waals surface area contributed by atoms with Crippen LogP contribution in [0.3, 0.4) is 0 Å². The summed E-state index contributed by atoms with van der Waals surface area (Å²) in [5, 5.41) is 0. The standard InChI is InChI=1S/C6H6.C5H12.Y/c1-2-4-6-5-3-1;1-5(2,3)4;/h1-6H;1-4H3;. The number of rotatable bonds is 0. The fourth-order valence-corrected chi connectivity index (χ4v) is 0.385. The molecular weight excluding hydrogens is 221 g/mol. The molecule has 0 aliphatic carbocycles. The van der Waals surface area contributed by atoms with Crippen LogP contribution in [0.25, 0.3) is 0 Å². The third-order valence-corrected chi connectivity index (χ3v) is 0.667. The Morgan fingerprint density at radius 3 is 0.750 bits per heavy atom. The Morgan fingerprint density at radius 2 is 0.667 bits per heavy atom. The van der Waals surface area contributed by atoms with E-state index in [0.29, 0.717) is 5.41 Å². The first-order valence-electron chi connectivity index (χ1n) is 4.00. The Hall–Kier alpha value is 0.324. The molecule has 0 saturated heterocycles. The van der Waals surface area contributed by atoms with Crippen molar-refractivity contribution in [2.24, 2.45) is 5.41 Å². The van der Waals surface area contributed by atoms with E-state index >= 15 is 0 Å². The molecule has 0 N–H and O–H groups in total. The van der Waals surface area contributed by atoms with Crippen molar-refractivity contribution in [2.45, 2.75) is 27.7 Å². The molecule has 0 aromatic heterocycles. The van der Waals surface area contributed by atoms with E-state index in [9.17, 15) is 0 Å². The first-order valence-corrected chi connectivity index (χ1v) is 4.00. The van der Waals surface area contributed by atoms with Gasteiger partial charge >= 0.3 is 0 Å². The average molecular weight is 239 g/mol. The summed E-state index contributed by atoms with van der Waals surface area (Å²) in [7, 11) is 0. The van der Waals surface area contributed by atoms with Crippen molar-refractivity contribution >= 4 is 0 Å². The van der Waals surface area contributed by atoms with Crippen LogP contribution in [-0.4, -0.2) is 0 Å². The van der Waals surface area contributed by atoms with Crippen LogP contribution in [0, 0.1) is 5.41 Å². The summed E-state index contributed by atoms with van der Waals surface area (Å²) in [5.41, 5.74) is 0.500. The normalized spacial score (nSPS) is 9.00. The smallest absolute Gasteiger partial charge is 0 e. The summed E-state index contributed by atoms with van der Waals surface area (Å²) in [6.07, 6.45) is 0. The molecule has 0 amide bonds. The summed E-state index contributed by atoms with van der Waals surface area (Å²) in [5.74, 6) is 0. The monoisotopic (exact) mass is 239 g/mol. The van der Waals surface area contributed by atoms with Gasteiger partial charge in [0.05, 0.1) is 0 Å². The van der Waals surface area contributed by atoms with E-state index in [2.05, 4.69) is 27.7 Å². The summed E-state index contributed by atoms with van der Waals surface area (Å²) in [6.45, 7) is 8.75. The van der Waals surface area contributed by atoms with E-state index in [-0.39, 0.29) is 32.7 Å². The number of benzene rings is 1. The Labute approximate surface area is 102 Å². The zero-order chi connectivity index (χ0) is 8.74. The molecule has 1 heteroatoms. The quantitative estimate of drug-likeness (QED) is 0.647. The zero-order valence-corrected chi connectivity index (χ0v) is 11.4. The van der Waals surface area contributed by atoms with Gasteiger partial charge in [0.15, 0.2) is 0 Å². The molecule has 0 bridgehead atoms. The average Bonchev–Trinajstić information content (AvgIpc) is 1.88. The van der Waals surface area contributed by atoms with Gasteiger partial charge in [0.1, 0.15) is 0 Å². The van der Waals surface area contributed by atoms with E-state index in [1.165, 1.54) is 0 Å². The predicted molar refractivity (Wildman–Crippen MR) is 51.6 cm³/mol. The molecule has 1 rings (SSSR count). The van der Waals surface area contributed by atoms with E-state index in [1.54, 1.807) is 0 Å². The Morgan fingerprint density at radius 1 is 0.583 bits per heavy atom. The first kappa shape index (κ1) is 14.8. The molecule has 0 spiro atoms. The van der Waals surface area contributed by atoms with Crippen molar-refractivity contribution in [3.8, 4) is 0 Å². The van der Waals surface area contributed by atoms with E-state index in [4.69, 9.17) is 0 Å². The minimum Gasteiger partial charge on any atom is -0.0623 e. The van der Waals surface area contributed by atoms with Crippen LogP contribution in [0.15, 0.2) is 36.4 Å². The van der Waals surface area contributed by atoms with E-state index in [0.717, 1.165) is 0 Å². The van der Waals surface area contributed by atoms with Gasteiger partial charge in [0, 0.05) is 32.7 Å². The fraction of sp³-hybridized carbons (Fsp3) is 0.455. The predicted octanol–water partition coefficient (Wildman–Crippen LogP) is 3.74. The molecule has 0 unspecified atom stereocenters. The number of hydrogen-bond donors (Lipinski definition) is 0. The molecule has 0 heterocycles. The summed E-state index contributed by atoms with van der Waals surface area (Å²) in [4.78, 5) is 0. The second kappa shape index (κ2) is 7.95. The van der Waals surface area contributed by atoms with Gasteiger partial charge in [0.2, 0.25) is 0 Å². The third kappa shape index (κ3) is 22.4. The molecule has 0 atom stereocenters. The second-order valence-corrected chi connectivity index (χ2v) is 4.15. The van der Waals surface area contributed by atoms with Gasteiger partial charge in [-0.3, -0.25) is 0 Å². The van der Waals surface area contributed by atoms with Crippen molar-refractivity contribution in [2.75, 3.05) is 0 Å². The van der Waals surface area contributed by atoms with Crippen LogP contribution >= 0.6 is 0 Å². The van der Waals surface area contributed by atoms with Crippen LogP contribution < -0.4 is 0 Å². The van der Waals surface area contributed by atoms with Crippen LogP contribution in [-0.2, 0) is 32.7 Å². The van der Waals surface area contributed by atoms with Crippen molar-refractivity contribution in [3.63, 3.8) is 0 Å². The molecule has 1 radical (unpaired) electrons. The molecule has 0 nitrogen and oxygen atoms in total. The zero-order valence-electron chi connectivity index (χ0n) is 8.54. The minimum atomic E-state index is 0. The molecule has 12 heavy (non-hydrogen) atoms. The van der Waals surface area contributed by atoms with Gasteiger partial charge in [-0.2, -0.15) is 0 Å². The van der Waals surface area contributed by atoms with Crippen LogP contribution in [0.1, 0.15) is 27.7 Å². The molecule has 1 aromatic carbocycles. The molecule has 0 aliphatic heterocycles. The molecule has 0 aliphatic rings. The SMILES string of the molecule is CC(C)(C)C.[Y].c1ccccc1. The maximum atomic E-state index is 2.19. The van der Waals surface area contributed by atoms with Gasteiger partial charge in [-0.05, 0) is 5.41 Å². The van der Waals surface area contributed by atoms with Crippen molar-refractivity contribution < 1.29 is 32.7 Å². The fourth-order valence-electron chi connectivity index (χ4n) is 0.385. The summed E-state index contributed by atoms with van der Waals surface area (Å²) < 4.78 is 0. The maximum Gasteiger partial charge on any atom is 0 e. The topological polar surface area (TPSA) is 0 Å². The van der Waals surface area contributed by atoms with Crippen molar-refractivity contribution in [1.82, 2.24) is 0 Å². The van der Waals surface area contributed by atoms with E-state index < -0.39 is 0 Å². The minimum absolute atomic E-state index is 0. The van der Waals surface area contributed by atoms with Gasteiger partial charge in [-0.15, -0.1) is 0 Å². The van der Waals surface area contributed by atoms with E-state index in [1.807, 2.05) is 36.4 Å². The summed E-state index contributed by atoms with van der Waals surface area (Å²) >= 11 is 0. The van der Waals surface area contributed by atoms with Gasteiger partial charge in [-0.1, -0.05) is 64.1 Å². The van der Waals surface area contributed by atoms with Gasteiger partial charge < -0.3 is 0 Å². The molecule has 0 fully saturated rings. The maximum absolute atomic E-state index is 2.19. The first-order chi connectivity index (χ1) is 5.00. The third-order valence-electron chi connectivity index (χ3n) is 0.667. The Bertz CT molecular complexity index is 129. The summed E-state index contributed by atoms with van der Waals surface area (Å²) in [6, 6.07) is 12.0. The van der Waals surface area contributed by atoms with Crippen molar-refractivity contribution in [1.29, 1.82) is 0 Å². The largest absolute Gasteiger partial charge is 0.0623 e. The second-order valence-electron chi connectivity index (χ2n) is 4.15. The van der Waals surface area contributed by atoms with Crippen LogP contribution in [0.5, 0.6) is 0 Å². The van der Waals surface area contributed by atoms with Crippen LogP contribution in [0.4, 0.5) is 0 Å².